The van der Waals surface area contributed by atoms with Gasteiger partial charge in [-0.15, -0.1) is 0 Å². The van der Waals surface area contributed by atoms with Crippen LogP contribution in [0, 0.1) is 0 Å². The highest BCUT2D eigenvalue weighted by atomic mass is 32.2. The molecule has 0 spiro atoms. The first-order valence-electron chi connectivity index (χ1n) is 5.67. The van der Waals surface area contributed by atoms with E-state index in [1.54, 1.807) is 4.90 Å². The van der Waals surface area contributed by atoms with Crippen LogP contribution in [0.15, 0.2) is 0 Å². The molecule has 0 aromatic rings. The Morgan fingerprint density at radius 3 is 2.24 bits per heavy atom. The van der Waals surface area contributed by atoms with Gasteiger partial charge in [0, 0.05) is 39.0 Å². The first kappa shape index (κ1) is 14.4. The van der Waals surface area contributed by atoms with Crippen LogP contribution >= 0.6 is 0 Å². The number of rotatable bonds is 4. The zero-order valence-electron chi connectivity index (χ0n) is 10.3. The van der Waals surface area contributed by atoms with Crippen molar-refractivity contribution >= 4 is 15.7 Å². The first-order chi connectivity index (χ1) is 7.86. The normalized spacial score (nSPS) is 20.3. The number of sulfone groups is 1. The van der Waals surface area contributed by atoms with Gasteiger partial charge in [-0.25, -0.2) is 8.42 Å². The fraction of sp³-hybridized carbons (Fsp3) is 0.900. The Kier molecular flexibility index (Phi) is 4.91. The van der Waals surface area contributed by atoms with Gasteiger partial charge in [-0.3, -0.25) is 9.69 Å². The van der Waals surface area contributed by atoms with Crippen molar-refractivity contribution in [3.8, 4) is 0 Å². The van der Waals surface area contributed by atoms with Gasteiger partial charge in [0.1, 0.15) is 5.25 Å². The number of carbonyl (C=O) groups excluding carboxylic acids is 1. The van der Waals surface area contributed by atoms with Crippen LogP contribution in [0.1, 0.15) is 6.92 Å². The van der Waals surface area contributed by atoms with Gasteiger partial charge in [0.15, 0.2) is 9.84 Å². The number of hydrogen-bond donors (Lipinski definition) is 1. The first-order valence-corrected chi connectivity index (χ1v) is 7.62. The lowest BCUT2D eigenvalue weighted by Crippen LogP contribution is -2.52. The van der Waals surface area contributed by atoms with Crippen LogP contribution in [0.2, 0.25) is 0 Å². The van der Waals surface area contributed by atoms with Crippen LogP contribution < -0.4 is 0 Å². The number of amides is 1. The number of β-amino-alcohol motifs (C(OH)–C–C–N with tert-alkyl or cyclic N) is 1. The maximum Gasteiger partial charge on any atom is 0.240 e. The Bertz CT molecular complexity index is 361. The largest absolute Gasteiger partial charge is 0.395 e. The van der Waals surface area contributed by atoms with Gasteiger partial charge in [-0.05, 0) is 6.92 Å². The molecule has 1 fully saturated rings. The molecular weight excluding hydrogens is 244 g/mol. The van der Waals surface area contributed by atoms with Gasteiger partial charge < -0.3 is 10.0 Å². The SMILES string of the molecule is CC(C(=O)N1CCN(CCO)CC1)S(C)(=O)=O. The molecule has 1 rings (SSSR count). The van der Waals surface area contributed by atoms with Gasteiger partial charge in [0.25, 0.3) is 0 Å². The molecule has 17 heavy (non-hydrogen) atoms. The summed E-state index contributed by atoms with van der Waals surface area (Å²) in [5.74, 6) is -0.323. The van der Waals surface area contributed by atoms with Gasteiger partial charge >= 0.3 is 0 Å². The lowest BCUT2D eigenvalue weighted by Gasteiger charge is -2.35. The third-order valence-corrected chi connectivity index (χ3v) is 4.58. The molecule has 1 N–H and O–H groups in total. The Morgan fingerprint density at radius 1 is 1.29 bits per heavy atom. The summed E-state index contributed by atoms with van der Waals surface area (Å²) in [6.45, 7) is 4.55. The van der Waals surface area contributed by atoms with E-state index < -0.39 is 15.1 Å². The molecule has 1 atom stereocenters. The molecule has 1 aliphatic rings. The highest BCUT2D eigenvalue weighted by molar-refractivity contribution is 7.92. The smallest absolute Gasteiger partial charge is 0.240 e. The highest BCUT2D eigenvalue weighted by Crippen LogP contribution is 2.08. The average Bonchev–Trinajstić information content (AvgIpc) is 2.27. The maximum absolute atomic E-state index is 11.9. The lowest BCUT2D eigenvalue weighted by molar-refractivity contribution is -0.132. The number of carbonyl (C=O) groups is 1. The molecule has 0 saturated carbocycles. The minimum absolute atomic E-state index is 0.105. The Labute approximate surface area is 102 Å². The Balaban J connectivity index is 2.52. The van der Waals surface area contributed by atoms with E-state index in [2.05, 4.69) is 4.90 Å². The van der Waals surface area contributed by atoms with Crippen molar-refractivity contribution in [3.05, 3.63) is 0 Å². The van der Waals surface area contributed by atoms with E-state index in [1.165, 1.54) is 6.92 Å². The summed E-state index contributed by atoms with van der Waals surface area (Å²) >= 11 is 0. The number of hydrogen-bond acceptors (Lipinski definition) is 5. The zero-order valence-corrected chi connectivity index (χ0v) is 11.1. The van der Waals surface area contributed by atoms with E-state index >= 15 is 0 Å². The van der Waals surface area contributed by atoms with Crippen molar-refractivity contribution in [2.75, 3.05) is 45.6 Å². The number of aliphatic hydroxyl groups is 1. The molecule has 100 valence electrons. The van der Waals surface area contributed by atoms with Crippen LogP contribution in [0.4, 0.5) is 0 Å². The van der Waals surface area contributed by atoms with Gasteiger partial charge in [-0.2, -0.15) is 0 Å². The molecule has 6 nitrogen and oxygen atoms in total. The standard InChI is InChI=1S/C10H20N2O4S/c1-9(17(2,15)16)10(14)12-5-3-11(4-6-12)7-8-13/h9,13H,3-8H2,1-2H3. The highest BCUT2D eigenvalue weighted by Gasteiger charge is 2.30. The second-order valence-electron chi connectivity index (χ2n) is 4.36. The predicted octanol–water partition coefficient (Wildman–Crippen LogP) is -1.44. The molecule has 0 aromatic carbocycles. The molecule has 0 bridgehead atoms. The molecule has 0 radical (unpaired) electrons. The summed E-state index contributed by atoms with van der Waals surface area (Å²) in [6, 6.07) is 0. The molecule has 1 saturated heterocycles. The molecule has 0 aromatic heterocycles. The number of nitrogens with zero attached hydrogens (tertiary/aromatic N) is 2. The summed E-state index contributed by atoms with van der Waals surface area (Å²) < 4.78 is 22.6. The van der Waals surface area contributed by atoms with Crippen molar-refractivity contribution in [2.24, 2.45) is 0 Å². The van der Waals surface area contributed by atoms with Gasteiger partial charge in [0.05, 0.1) is 6.61 Å². The molecule has 0 aliphatic carbocycles. The molecule has 1 amide bonds. The molecule has 1 unspecified atom stereocenters. The zero-order chi connectivity index (χ0) is 13.1. The Hall–Kier alpha value is -0.660. The summed E-state index contributed by atoms with van der Waals surface area (Å²) in [7, 11) is -3.32. The summed E-state index contributed by atoms with van der Waals surface area (Å²) in [5.41, 5.74) is 0. The second-order valence-corrected chi connectivity index (χ2v) is 6.73. The number of aliphatic hydroxyl groups excluding tert-OH is 1. The minimum Gasteiger partial charge on any atom is -0.395 e. The van der Waals surface area contributed by atoms with Crippen LogP contribution in [-0.4, -0.2) is 80.1 Å². The minimum atomic E-state index is -3.32. The van der Waals surface area contributed by atoms with Gasteiger partial charge in [-0.1, -0.05) is 0 Å². The van der Waals surface area contributed by atoms with E-state index in [0.717, 1.165) is 6.26 Å². The van der Waals surface area contributed by atoms with E-state index in [1.807, 2.05) is 0 Å². The van der Waals surface area contributed by atoms with Crippen LogP contribution in [0.25, 0.3) is 0 Å². The maximum atomic E-state index is 11.9. The van der Waals surface area contributed by atoms with E-state index in [-0.39, 0.29) is 12.5 Å². The summed E-state index contributed by atoms with van der Waals surface area (Å²) in [6.07, 6.45) is 1.08. The van der Waals surface area contributed by atoms with E-state index in [4.69, 9.17) is 5.11 Å². The van der Waals surface area contributed by atoms with Crippen LogP contribution in [-0.2, 0) is 14.6 Å². The monoisotopic (exact) mass is 264 g/mol. The third-order valence-electron chi connectivity index (χ3n) is 3.09. The van der Waals surface area contributed by atoms with Crippen LogP contribution in [0.5, 0.6) is 0 Å². The quantitative estimate of drug-likeness (QED) is 0.672. The van der Waals surface area contributed by atoms with E-state index in [0.29, 0.717) is 32.7 Å². The lowest BCUT2D eigenvalue weighted by atomic mass is 10.3. The third kappa shape index (κ3) is 3.93. The topological polar surface area (TPSA) is 77.9 Å². The second kappa shape index (κ2) is 5.79. The molecular formula is C10H20N2O4S. The summed E-state index contributed by atoms with van der Waals surface area (Å²) in [4.78, 5) is 15.5. The van der Waals surface area contributed by atoms with E-state index in [9.17, 15) is 13.2 Å². The van der Waals surface area contributed by atoms with Crippen molar-refractivity contribution in [3.63, 3.8) is 0 Å². The van der Waals surface area contributed by atoms with Crippen molar-refractivity contribution < 1.29 is 18.3 Å². The molecule has 1 heterocycles. The fourth-order valence-corrected chi connectivity index (χ4v) is 2.29. The predicted molar refractivity (Wildman–Crippen MR) is 64.4 cm³/mol. The van der Waals surface area contributed by atoms with Crippen molar-refractivity contribution in [1.82, 2.24) is 9.80 Å². The molecule has 1 aliphatic heterocycles. The Morgan fingerprint density at radius 2 is 1.82 bits per heavy atom. The van der Waals surface area contributed by atoms with Crippen molar-refractivity contribution in [2.45, 2.75) is 12.2 Å². The molecule has 7 heteroatoms. The van der Waals surface area contributed by atoms with Crippen LogP contribution in [0.3, 0.4) is 0 Å². The fourth-order valence-electron chi connectivity index (χ4n) is 1.77. The van der Waals surface area contributed by atoms with Gasteiger partial charge in [0.2, 0.25) is 5.91 Å². The van der Waals surface area contributed by atoms with Crippen molar-refractivity contribution in [1.29, 1.82) is 0 Å². The number of piperazine rings is 1. The summed E-state index contributed by atoms with van der Waals surface area (Å²) in [5, 5.41) is 7.82. The average molecular weight is 264 g/mol.